The van der Waals surface area contributed by atoms with E-state index in [1.54, 1.807) is 0 Å². The van der Waals surface area contributed by atoms with Crippen molar-refractivity contribution in [3.05, 3.63) is 12.2 Å². The summed E-state index contributed by atoms with van der Waals surface area (Å²) in [5.74, 6) is -0.843. The second kappa shape index (κ2) is 19.0. The van der Waals surface area contributed by atoms with E-state index in [9.17, 15) is 9.59 Å². The van der Waals surface area contributed by atoms with Gasteiger partial charge in [-0.25, -0.2) is 9.59 Å². The van der Waals surface area contributed by atoms with Crippen molar-refractivity contribution in [2.75, 3.05) is 0 Å². The Hall–Kier alpha value is -1.32. The number of rotatable bonds is 19. The van der Waals surface area contributed by atoms with Gasteiger partial charge in [-0.2, -0.15) is 0 Å². The van der Waals surface area contributed by atoms with E-state index in [1.807, 2.05) is 6.92 Å². The molecule has 0 aromatic rings. The molecule has 0 amide bonds. The fraction of sp³-hybridized carbons (Fsp3) is 0.833. The van der Waals surface area contributed by atoms with Crippen molar-refractivity contribution in [1.82, 2.24) is 0 Å². The van der Waals surface area contributed by atoms with Crippen LogP contribution >= 0.6 is 0 Å². The van der Waals surface area contributed by atoms with Crippen LogP contribution in [0.2, 0.25) is 0 Å². The lowest BCUT2D eigenvalue weighted by Gasteiger charge is -2.14. The average Bonchev–Trinajstić information content (AvgIpc) is 2.65. The molecule has 0 aromatic carbocycles. The van der Waals surface area contributed by atoms with Gasteiger partial charge in [-0.05, 0) is 25.2 Å². The number of carbonyl (C=O) groups is 2. The van der Waals surface area contributed by atoms with E-state index in [2.05, 4.69) is 13.8 Å². The summed E-state index contributed by atoms with van der Waals surface area (Å²) in [5.41, 5.74) is 0. The Morgan fingerprint density at radius 3 is 1.57 bits per heavy atom. The van der Waals surface area contributed by atoms with Crippen molar-refractivity contribution in [2.45, 2.75) is 123 Å². The predicted octanol–water partition coefficient (Wildman–Crippen LogP) is 7.07. The Bertz CT molecular complexity index is 415. The van der Waals surface area contributed by atoms with Gasteiger partial charge >= 0.3 is 11.9 Å². The quantitative estimate of drug-likeness (QED) is 0.144. The van der Waals surface area contributed by atoms with Crippen LogP contribution in [0.25, 0.3) is 0 Å². The molecule has 0 spiro atoms. The molecule has 0 bridgehead atoms. The van der Waals surface area contributed by atoms with Crippen LogP contribution in [0.1, 0.15) is 117 Å². The van der Waals surface area contributed by atoms with Crippen LogP contribution in [0.4, 0.5) is 0 Å². The molecule has 0 heterocycles. The van der Waals surface area contributed by atoms with Crippen molar-refractivity contribution in [1.29, 1.82) is 0 Å². The molecule has 28 heavy (non-hydrogen) atoms. The first-order chi connectivity index (χ1) is 13.5. The van der Waals surface area contributed by atoms with E-state index in [4.69, 9.17) is 9.84 Å². The minimum atomic E-state index is -1.13. The molecule has 0 aliphatic carbocycles. The van der Waals surface area contributed by atoms with Crippen LogP contribution < -0.4 is 0 Å². The number of hydrogen-bond donors (Lipinski definition) is 1. The number of esters is 1. The molecule has 1 N–H and O–H groups in total. The third-order valence-corrected chi connectivity index (χ3v) is 5.16. The van der Waals surface area contributed by atoms with Gasteiger partial charge in [0.05, 0.1) is 0 Å². The predicted molar refractivity (Wildman–Crippen MR) is 116 cm³/mol. The molecule has 0 aliphatic heterocycles. The monoisotopic (exact) mass is 396 g/mol. The maximum atomic E-state index is 11.5. The van der Waals surface area contributed by atoms with E-state index in [1.165, 1.54) is 77.0 Å². The second-order valence-corrected chi connectivity index (χ2v) is 8.35. The molecule has 0 rings (SSSR count). The van der Waals surface area contributed by atoms with Gasteiger partial charge in [0.25, 0.3) is 0 Å². The molecule has 4 heteroatoms. The van der Waals surface area contributed by atoms with Crippen molar-refractivity contribution >= 4 is 11.9 Å². The SMILES string of the molecule is CCC(CCCCCCCCCCCCCCC(C)C)OC(=O)/C=C\C(=O)O. The molecule has 164 valence electrons. The summed E-state index contributed by atoms with van der Waals surface area (Å²) < 4.78 is 5.28. The van der Waals surface area contributed by atoms with Gasteiger partial charge in [0.15, 0.2) is 0 Å². The number of hydrogen-bond acceptors (Lipinski definition) is 3. The summed E-state index contributed by atoms with van der Waals surface area (Å²) in [6.45, 7) is 6.60. The molecular weight excluding hydrogens is 352 g/mol. The molecule has 0 fully saturated rings. The number of unbranched alkanes of at least 4 members (excludes halogenated alkanes) is 11. The van der Waals surface area contributed by atoms with Gasteiger partial charge < -0.3 is 9.84 Å². The molecular formula is C24H44O4. The number of carboxylic acids is 1. The molecule has 0 radical (unpaired) electrons. The minimum Gasteiger partial charge on any atom is -0.478 e. The number of carbonyl (C=O) groups excluding carboxylic acids is 1. The minimum absolute atomic E-state index is 0.105. The molecule has 0 saturated heterocycles. The zero-order valence-electron chi connectivity index (χ0n) is 18.6. The Labute approximate surface area is 173 Å². The third kappa shape index (κ3) is 19.4. The normalized spacial score (nSPS) is 12.6. The molecule has 4 nitrogen and oxygen atoms in total. The Kier molecular flexibility index (Phi) is 18.1. The molecule has 0 saturated carbocycles. The highest BCUT2D eigenvalue weighted by Gasteiger charge is 2.10. The molecule has 1 unspecified atom stereocenters. The Morgan fingerprint density at radius 2 is 1.18 bits per heavy atom. The van der Waals surface area contributed by atoms with Crippen LogP contribution in [0, 0.1) is 5.92 Å². The number of ether oxygens (including phenoxy) is 1. The van der Waals surface area contributed by atoms with Gasteiger partial charge in [-0.15, -0.1) is 0 Å². The van der Waals surface area contributed by atoms with Gasteiger partial charge in [-0.3, -0.25) is 0 Å². The topological polar surface area (TPSA) is 63.6 Å². The highest BCUT2D eigenvalue weighted by atomic mass is 16.5. The first kappa shape index (κ1) is 26.7. The van der Waals surface area contributed by atoms with E-state index in [-0.39, 0.29) is 6.10 Å². The van der Waals surface area contributed by atoms with Gasteiger partial charge in [0.1, 0.15) is 6.10 Å². The summed E-state index contributed by atoms with van der Waals surface area (Å²) >= 11 is 0. The summed E-state index contributed by atoms with van der Waals surface area (Å²) in [5, 5.41) is 8.51. The lowest BCUT2D eigenvalue weighted by Crippen LogP contribution is -2.16. The first-order valence-corrected chi connectivity index (χ1v) is 11.6. The summed E-state index contributed by atoms with van der Waals surface area (Å²) in [6.07, 6.45) is 20.6. The highest BCUT2D eigenvalue weighted by molar-refractivity contribution is 5.90. The number of carboxylic acid groups (broad SMARTS) is 1. The number of aliphatic carboxylic acids is 1. The fourth-order valence-corrected chi connectivity index (χ4v) is 3.38. The summed E-state index contributed by atoms with van der Waals surface area (Å²) in [4.78, 5) is 21.9. The Balaban J connectivity index is 3.43. The van der Waals surface area contributed by atoms with Crippen LogP contribution in [0.3, 0.4) is 0 Å². The third-order valence-electron chi connectivity index (χ3n) is 5.16. The van der Waals surface area contributed by atoms with Crippen molar-refractivity contribution < 1.29 is 19.4 Å². The molecule has 0 aromatic heterocycles. The Morgan fingerprint density at radius 1 is 0.750 bits per heavy atom. The van der Waals surface area contributed by atoms with Crippen molar-refractivity contribution in [3.8, 4) is 0 Å². The lowest BCUT2D eigenvalue weighted by molar-refractivity contribution is -0.144. The summed E-state index contributed by atoms with van der Waals surface area (Å²) in [7, 11) is 0. The van der Waals surface area contributed by atoms with Gasteiger partial charge in [0.2, 0.25) is 0 Å². The lowest BCUT2D eigenvalue weighted by atomic mass is 10.0. The molecule has 0 aliphatic rings. The van der Waals surface area contributed by atoms with E-state index < -0.39 is 11.9 Å². The van der Waals surface area contributed by atoms with Gasteiger partial charge in [-0.1, -0.05) is 97.8 Å². The maximum Gasteiger partial charge on any atom is 0.331 e. The van der Waals surface area contributed by atoms with Crippen molar-refractivity contribution in [2.24, 2.45) is 5.92 Å². The highest BCUT2D eigenvalue weighted by Crippen LogP contribution is 2.15. The van der Waals surface area contributed by atoms with Crippen LogP contribution in [0.5, 0.6) is 0 Å². The van der Waals surface area contributed by atoms with Crippen molar-refractivity contribution in [3.63, 3.8) is 0 Å². The summed E-state index contributed by atoms with van der Waals surface area (Å²) in [6, 6.07) is 0. The van der Waals surface area contributed by atoms with Gasteiger partial charge in [0, 0.05) is 12.2 Å². The standard InChI is InChI=1S/C24H44O4/c1-4-22(28-24(27)20-19-23(25)26)18-16-14-12-10-8-6-5-7-9-11-13-15-17-21(2)3/h19-22H,4-18H2,1-3H3,(H,25,26)/b20-19-. The fourth-order valence-electron chi connectivity index (χ4n) is 3.38. The smallest absolute Gasteiger partial charge is 0.331 e. The largest absolute Gasteiger partial charge is 0.478 e. The molecule has 1 atom stereocenters. The zero-order valence-corrected chi connectivity index (χ0v) is 18.6. The van der Waals surface area contributed by atoms with E-state index in [0.717, 1.165) is 37.3 Å². The van der Waals surface area contributed by atoms with Crippen LogP contribution in [-0.2, 0) is 14.3 Å². The van der Waals surface area contributed by atoms with E-state index >= 15 is 0 Å². The first-order valence-electron chi connectivity index (χ1n) is 11.6. The second-order valence-electron chi connectivity index (χ2n) is 8.35. The van der Waals surface area contributed by atoms with Crippen LogP contribution in [-0.4, -0.2) is 23.1 Å². The van der Waals surface area contributed by atoms with Crippen LogP contribution in [0.15, 0.2) is 12.2 Å². The maximum absolute atomic E-state index is 11.5. The van der Waals surface area contributed by atoms with E-state index in [0.29, 0.717) is 0 Å². The zero-order chi connectivity index (χ0) is 21.0. The average molecular weight is 397 g/mol.